The summed E-state index contributed by atoms with van der Waals surface area (Å²) in [5.74, 6) is 2.13. The third-order valence-electron chi connectivity index (χ3n) is 4.58. The van der Waals surface area contributed by atoms with Crippen LogP contribution in [0.2, 0.25) is 5.02 Å². The van der Waals surface area contributed by atoms with Gasteiger partial charge in [0.15, 0.2) is 11.6 Å². The lowest BCUT2D eigenvalue weighted by molar-refractivity contribution is 0.208. The van der Waals surface area contributed by atoms with E-state index in [1.165, 1.54) is 0 Å². The highest BCUT2D eigenvalue weighted by molar-refractivity contribution is 6.33. The number of halogens is 1. The van der Waals surface area contributed by atoms with Crippen molar-refractivity contribution in [1.29, 1.82) is 0 Å². The van der Waals surface area contributed by atoms with Crippen molar-refractivity contribution in [2.24, 2.45) is 0 Å². The van der Waals surface area contributed by atoms with Gasteiger partial charge in [-0.15, -0.1) is 10.2 Å². The number of carbonyl (C=O) groups excluding carboxylic acids is 1. The first-order chi connectivity index (χ1) is 14.2. The highest BCUT2D eigenvalue weighted by Crippen LogP contribution is 2.21. The number of anilines is 4. The number of pyridine rings is 1. The molecule has 1 fully saturated rings. The zero-order valence-electron chi connectivity index (χ0n) is 15.6. The second-order valence-corrected chi connectivity index (χ2v) is 6.91. The van der Waals surface area contributed by atoms with E-state index < -0.39 is 0 Å². The number of nitrogens with one attached hydrogen (secondary N) is 2. The van der Waals surface area contributed by atoms with Crippen LogP contribution in [-0.2, 0) is 0 Å². The van der Waals surface area contributed by atoms with Crippen molar-refractivity contribution in [2.45, 2.75) is 0 Å². The molecule has 2 N–H and O–H groups in total. The molecule has 9 heteroatoms. The molecule has 0 saturated carbocycles. The van der Waals surface area contributed by atoms with E-state index in [0.717, 1.165) is 5.82 Å². The highest BCUT2D eigenvalue weighted by atomic mass is 35.5. The summed E-state index contributed by atoms with van der Waals surface area (Å²) >= 11 is 6.11. The largest absolute Gasteiger partial charge is 0.352 e. The first kappa shape index (κ1) is 18.9. The summed E-state index contributed by atoms with van der Waals surface area (Å²) in [6, 6.07) is 16.4. The molecule has 1 saturated heterocycles. The van der Waals surface area contributed by atoms with Crippen LogP contribution in [0.5, 0.6) is 0 Å². The molecule has 0 spiro atoms. The van der Waals surface area contributed by atoms with Crippen LogP contribution in [0.1, 0.15) is 0 Å². The summed E-state index contributed by atoms with van der Waals surface area (Å²) in [7, 11) is 0. The van der Waals surface area contributed by atoms with Gasteiger partial charge in [-0.1, -0.05) is 29.8 Å². The second-order valence-electron chi connectivity index (χ2n) is 6.50. The van der Waals surface area contributed by atoms with Gasteiger partial charge in [0.05, 0.1) is 10.7 Å². The SMILES string of the molecule is O=C(Nc1ccccc1Cl)N1CCN(c2ccc(Nc3ccccn3)nn2)CC1. The van der Waals surface area contributed by atoms with Gasteiger partial charge in [-0.3, -0.25) is 0 Å². The lowest BCUT2D eigenvalue weighted by Gasteiger charge is -2.35. The van der Waals surface area contributed by atoms with Crippen molar-refractivity contribution >= 4 is 40.8 Å². The molecular formula is C20H20ClN7O. The first-order valence-electron chi connectivity index (χ1n) is 9.26. The molecule has 0 atom stereocenters. The fourth-order valence-corrected chi connectivity index (χ4v) is 3.21. The minimum Gasteiger partial charge on any atom is -0.352 e. The number of amides is 2. The molecule has 8 nitrogen and oxygen atoms in total. The van der Waals surface area contributed by atoms with E-state index in [-0.39, 0.29) is 6.03 Å². The molecule has 3 heterocycles. The van der Waals surface area contributed by atoms with Crippen LogP contribution in [-0.4, -0.2) is 52.3 Å². The number of hydrogen-bond acceptors (Lipinski definition) is 6. The number of nitrogens with zero attached hydrogens (tertiary/aromatic N) is 5. The number of aromatic nitrogens is 3. The molecule has 0 radical (unpaired) electrons. The molecule has 4 rings (SSSR count). The van der Waals surface area contributed by atoms with Crippen LogP contribution >= 0.6 is 11.6 Å². The Morgan fingerprint density at radius 3 is 2.38 bits per heavy atom. The van der Waals surface area contributed by atoms with Gasteiger partial charge in [-0.25, -0.2) is 9.78 Å². The molecule has 1 aliphatic heterocycles. The molecule has 2 aromatic heterocycles. The van der Waals surface area contributed by atoms with Gasteiger partial charge >= 0.3 is 6.03 Å². The minimum absolute atomic E-state index is 0.154. The smallest absolute Gasteiger partial charge is 0.322 e. The van der Waals surface area contributed by atoms with Crippen LogP contribution in [0.25, 0.3) is 0 Å². The van der Waals surface area contributed by atoms with Crippen molar-refractivity contribution in [3.63, 3.8) is 0 Å². The molecule has 0 unspecified atom stereocenters. The Hall–Kier alpha value is -3.39. The molecule has 3 aromatic rings. The molecule has 29 heavy (non-hydrogen) atoms. The van der Waals surface area contributed by atoms with Gasteiger partial charge in [0.25, 0.3) is 0 Å². The number of urea groups is 1. The third kappa shape index (κ3) is 4.72. The van der Waals surface area contributed by atoms with Crippen molar-refractivity contribution < 1.29 is 4.79 Å². The quantitative estimate of drug-likeness (QED) is 0.684. The van der Waals surface area contributed by atoms with Gasteiger partial charge in [-0.2, -0.15) is 0 Å². The Morgan fingerprint density at radius 2 is 1.69 bits per heavy atom. The Bertz CT molecular complexity index is 960. The average Bonchev–Trinajstić information content (AvgIpc) is 2.77. The van der Waals surface area contributed by atoms with E-state index in [1.807, 2.05) is 42.5 Å². The van der Waals surface area contributed by atoms with Gasteiger partial charge in [0.2, 0.25) is 0 Å². The molecule has 1 aliphatic rings. The molecule has 0 aliphatic carbocycles. The number of carbonyl (C=O) groups is 1. The number of piperazine rings is 1. The predicted molar refractivity (Wildman–Crippen MR) is 114 cm³/mol. The van der Waals surface area contributed by atoms with E-state index in [9.17, 15) is 4.79 Å². The molecular weight excluding hydrogens is 390 g/mol. The van der Waals surface area contributed by atoms with Crippen molar-refractivity contribution in [2.75, 3.05) is 41.7 Å². The van der Waals surface area contributed by atoms with Crippen LogP contribution < -0.4 is 15.5 Å². The third-order valence-corrected chi connectivity index (χ3v) is 4.91. The van der Waals surface area contributed by atoms with E-state index >= 15 is 0 Å². The number of rotatable bonds is 4. The van der Waals surface area contributed by atoms with E-state index in [4.69, 9.17) is 11.6 Å². The fraction of sp³-hybridized carbons (Fsp3) is 0.200. The zero-order valence-corrected chi connectivity index (χ0v) is 16.4. The lowest BCUT2D eigenvalue weighted by Crippen LogP contribution is -2.50. The summed E-state index contributed by atoms with van der Waals surface area (Å²) in [4.78, 5) is 20.6. The summed E-state index contributed by atoms with van der Waals surface area (Å²) in [6.45, 7) is 2.53. The van der Waals surface area contributed by atoms with Crippen LogP contribution in [0.3, 0.4) is 0 Å². The van der Waals surface area contributed by atoms with Gasteiger partial charge in [0, 0.05) is 32.4 Å². The lowest BCUT2D eigenvalue weighted by atomic mass is 10.3. The van der Waals surface area contributed by atoms with Crippen LogP contribution in [0.15, 0.2) is 60.8 Å². The summed E-state index contributed by atoms with van der Waals surface area (Å²) in [6.07, 6.45) is 1.71. The van der Waals surface area contributed by atoms with E-state index in [1.54, 1.807) is 23.2 Å². The number of para-hydroxylation sites is 1. The second kappa shape index (κ2) is 8.74. The van der Waals surface area contributed by atoms with Crippen molar-refractivity contribution in [1.82, 2.24) is 20.1 Å². The standard InChI is InChI=1S/C20H20ClN7O/c21-15-5-1-2-6-16(15)23-20(29)28-13-11-27(12-14-28)19-9-8-18(25-26-19)24-17-7-3-4-10-22-17/h1-10H,11-14H2,(H,23,29)(H,22,24,25). The van der Waals surface area contributed by atoms with E-state index in [2.05, 4.69) is 30.7 Å². The van der Waals surface area contributed by atoms with E-state index in [0.29, 0.717) is 48.5 Å². The molecule has 2 amide bonds. The van der Waals surface area contributed by atoms with Crippen molar-refractivity contribution in [3.8, 4) is 0 Å². The number of hydrogen-bond donors (Lipinski definition) is 2. The molecule has 1 aromatic carbocycles. The maximum absolute atomic E-state index is 12.5. The Kier molecular flexibility index (Phi) is 5.71. The normalized spacial score (nSPS) is 13.8. The van der Waals surface area contributed by atoms with Crippen molar-refractivity contribution in [3.05, 3.63) is 65.8 Å². The average molecular weight is 410 g/mol. The summed E-state index contributed by atoms with van der Waals surface area (Å²) < 4.78 is 0. The summed E-state index contributed by atoms with van der Waals surface area (Å²) in [5, 5.41) is 15.0. The monoisotopic (exact) mass is 409 g/mol. The first-order valence-corrected chi connectivity index (χ1v) is 9.64. The zero-order chi connectivity index (χ0) is 20.1. The highest BCUT2D eigenvalue weighted by Gasteiger charge is 2.22. The topological polar surface area (TPSA) is 86.3 Å². The maximum Gasteiger partial charge on any atom is 0.322 e. The van der Waals surface area contributed by atoms with Crippen LogP contribution in [0, 0.1) is 0 Å². The maximum atomic E-state index is 12.5. The Labute approximate surface area is 173 Å². The molecule has 0 bridgehead atoms. The predicted octanol–water partition coefficient (Wildman–Crippen LogP) is 3.62. The minimum atomic E-state index is -0.154. The fourth-order valence-electron chi connectivity index (χ4n) is 3.02. The molecule has 148 valence electrons. The van der Waals surface area contributed by atoms with Gasteiger partial charge in [0.1, 0.15) is 5.82 Å². The van der Waals surface area contributed by atoms with Gasteiger partial charge in [-0.05, 0) is 36.4 Å². The van der Waals surface area contributed by atoms with Gasteiger partial charge < -0.3 is 20.4 Å². The number of benzene rings is 1. The summed E-state index contributed by atoms with van der Waals surface area (Å²) in [5.41, 5.74) is 0.614. The van der Waals surface area contributed by atoms with Crippen LogP contribution in [0.4, 0.5) is 27.9 Å². The Balaban J connectivity index is 1.31. The Morgan fingerprint density at radius 1 is 0.897 bits per heavy atom.